The summed E-state index contributed by atoms with van der Waals surface area (Å²) in [6.07, 6.45) is 1.80. The summed E-state index contributed by atoms with van der Waals surface area (Å²) in [5.41, 5.74) is 4.61. The molecule has 0 bridgehead atoms. The number of aromatic hydroxyl groups is 1. The van der Waals surface area contributed by atoms with E-state index in [1.807, 2.05) is 26.8 Å². The Morgan fingerprint density at radius 3 is 2.85 bits per heavy atom. The number of ether oxygens (including phenoxy) is 1. The number of benzene rings is 2. The van der Waals surface area contributed by atoms with Crippen LogP contribution in [0.15, 0.2) is 35.1 Å². The second-order valence-electron chi connectivity index (χ2n) is 6.26. The van der Waals surface area contributed by atoms with Crippen molar-refractivity contribution in [3.63, 3.8) is 0 Å². The van der Waals surface area contributed by atoms with E-state index in [9.17, 15) is 9.90 Å². The van der Waals surface area contributed by atoms with Gasteiger partial charge in [-0.05, 0) is 61.7 Å². The largest absolute Gasteiger partial charge is 0.504 e. The molecule has 4 aromatic rings. The predicted molar refractivity (Wildman–Crippen MR) is 104 cm³/mol. The molecule has 0 radical (unpaired) electrons. The van der Waals surface area contributed by atoms with Crippen LogP contribution in [-0.2, 0) is 0 Å². The maximum absolute atomic E-state index is 12.9. The van der Waals surface area contributed by atoms with Crippen LogP contribution in [0.3, 0.4) is 0 Å². The second kappa shape index (κ2) is 6.14. The molecule has 0 spiro atoms. The Kier molecular flexibility index (Phi) is 3.92. The number of phenols is 1. The van der Waals surface area contributed by atoms with Crippen LogP contribution in [0.25, 0.3) is 22.1 Å². The van der Waals surface area contributed by atoms with E-state index in [2.05, 4.69) is 11.1 Å². The molecule has 0 atom stereocenters. The summed E-state index contributed by atoms with van der Waals surface area (Å²) in [6.45, 7) is 6.34. The van der Waals surface area contributed by atoms with E-state index in [0.717, 1.165) is 27.7 Å². The van der Waals surface area contributed by atoms with Crippen molar-refractivity contribution in [3.8, 4) is 11.5 Å². The van der Waals surface area contributed by atoms with E-state index < -0.39 is 0 Å². The molecule has 4 rings (SSSR count). The third-order valence-electron chi connectivity index (χ3n) is 4.26. The van der Waals surface area contributed by atoms with Crippen LogP contribution in [0.1, 0.15) is 23.6 Å². The zero-order valence-corrected chi connectivity index (χ0v) is 15.6. The van der Waals surface area contributed by atoms with Gasteiger partial charge in [0.1, 0.15) is 0 Å². The molecule has 0 saturated heterocycles. The number of imidazole rings is 1. The van der Waals surface area contributed by atoms with E-state index in [1.54, 1.807) is 28.7 Å². The molecule has 1 N–H and O–H groups in total. The molecule has 5 nitrogen and oxygen atoms in total. The fourth-order valence-corrected chi connectivity index (χ4v) is 4.13. The third kappa shape index (κ3) is 2.63. The number of aromatic nitrogens is 2. The van der Waals surface area contributed by atoms with Gasteiger partial charge in [-0.1, -0.05) is 23.5 Å². The van der Waals surface area contributed by atoms with Gasteiger partial charge in [0.2, 0.25) is 0 Å². The first-order valence-corrected chi connectivity index (χ1v) is 9.19. The highest BCUT2D eigenvalue weighted by molar-refractivity contribution is 7.15. The Labute approximate surface area is 153 Å². The molecule has 6 heteroatoms. The van der Waals surface area contributed by atoms with Gasteiger partial charge in [-0.2, -0.15) is 0 Å². The van der Waals surface area contributed by atoms with Crippen molar-refractivity contribution < 1.29 is 9.84 Å². The summed E-state index contributed by atoms with van der Waals surface area (Å²) in [4.78, 5) is 18.3. The van der Waals surface area contributed by atoms with Crippen LogP contribution in [-0.4, -0.2) is 21.1 Å². The van der Waals surface area contributed by atoms with Crippen molar-refractivity contribution in [2.24, 2.45) is 0 Å². The first kappa shape index (κ1) is 16.6. The van der Waals surface area contributed by atoms with Gasteiger partial charge in [-0.3, -0.25) is 4.79 Å². The molecule has 0 aliphatic carbocycles. The van der Waals surface area contributed by atoms with E-state index in [4.69, 9.17) is 4.74 Å². The smallest absolute Gasteiger partial charge is 0.274 e. The molecule has 2 aromatic heterocycles. The number of fused-ring (bicyclic) bond motifs is 3. The SMILES string of the molecule is CCOc1cc(/C=c2\sc3nc4c(C)cc(C)cc4n3c2=O)ccc1O. The molecular weight excluding hydrogens is 348 g/mol. The number of rotatable bonds is 3. The van der Waals surface area contributed by atoms with Gasteiger partial charge in [-0.25, -0.2) is 9.38 Å². The zero-order chi connectivity index (χ0) is 18.4. The number of hydrogen-bond donors (Lipinski definition) is 1. The molecule has 2 heterocycles. The molecule has 0 saturated carbocycles. The maximum atomic E-state index is 12.9. The molecular formula is C20H18N2O3S. The van der Waals surface area contributed by atoms with Crippen molar-refractivity contribution >= 4 is 33.4 Å². The Morgan fingerprint density at radius 2 is 2.08 bits per heavy atom. The van der Waals surface area contributed by atoms with Gasteiger partial charge in [0, 0.05) is 0 Å². The van der Waals surface area contributed by atoms with Crippen molar-refractivity contribution in [1.29, 1.82) is 0 Å². The molecule has 0 aliphatic rings. The van der Waals surface area contributed by atoms with Gasteiger partial charge in [0.25, 0.3) is 5.56 Å². The maximum Gasteiger partial charge on any atom is 0.274 e. The first-order chi connectivity index (χ1) is 12.5. The van der Waals surface area contributed by atoms with E-state index in [1.165, 1.54) is 11.3 Å². The van der Waals surface area contributed by atoms with E-state index in [-0.39, 0.29) is 11.3 Å². The molecule has 2 aromatic carbocycles. The average molecular weight is 366 g/mol. The monoisotopic (exact) mass is 366 g/mol. The zero-order valence-electron chi connectivity index (χ0n) is 14.7. The molecule has 0 aliphatic heterocycles. The minimum absolute atomic E-state index is 0.0801. The lowest BCUT2D eigenvalue weighted by atomic mass is 10.1. The third-order valence-corrected chi connectivity index (χ3v) is 5.23. The molecule has 0 amide bonds. The summed E-state index contributed by atoms with van der Waals surface area (Å²) in [5.74, 6) is 0.496. The van der Waals surface area contributed by atoms with Crippen LogP contribution in [0.4, 0.5) is 0 Å². The molecule has 26 heavy (non-hydrogen) atoms. The van der Waals surface area contributed by atoms with Gasteiger partial charge < -0.3 is 9.84 Å². The molecule has 0 fully saturated rings. The Balaban J connectivity index is 1.93. The quantitative estimate of drug-likeness (QED) is 0.605. The Hall–Kier alpha value is -2.86. The number of nitrogens with zero attached hydrogens (tertiary/aromatic N) is 2. The lowest BCUT2D eigenvalue weighted by molar-refractivity contribution is 0.318. The lowest BCUT2D eigenvalue weighted by Crippen LogP contribution is -2.22. The Bertz CT molecular complexity index is 1250. The predicted octanol–water partition coefficient (Wildman–Crippen LogP) is 3.18. The number of thiazole rings is 1. The second-order valence-corrected chi connectivity index (χ2v) is 7.26. The standard InChI is InChI=1S/C20H18N2O3S/c1-4-25-16-9-13(5-6-15(16)23)10-17-19(24)22-14-8-11(2)7-12(3)18(14)21-20(22)26-17/h5-10,23H,4H2,1-3H3/b17-10-. The van der Waals surface area contributed by atoms with Gasteiger partial charge in [0.05, 0.1) is 22.2 Å². The topological polar surface area (TPSA) is 63.8 Å². The average Bonchev–Trinajstić information content (AvgIpc) is 3.09. The van der Waals surface area contributed by atoms with E-state index in [0.29, 0.717) is 21.8 Å². The van der Waals surface area contributed by atoms with Crippen molar-refractivity contribution in [2.45, 2.75) is 20.8 Å². The highest BCUT2D eigenvalue weighted by Crippen LogP contribution is 2.27. The van der Waals surface area contributed by atoms with Crippen molar-refractivity contribution in [1.82, 2.24) is 9.38 Å². The van der Waals surface area contributed by atoms with Crippen LogP contribution < -0.4 is 14.8 Å². The lowest BCUT2D eigenvalue weighted by Gasteiger charge is -2.05. The van der Waals surface area contributed by atoms with Gasteiger partial charge in [0.15, 0.2) is 16.5 Å². The highest BCUT2D eigenvalue weighted by Gasteiger charge is 2.13. The summed E-state index contributed by atoms with van der Waals surface area (Å²) in [7, 11) is 0. The number of hydrogen-bond acceptors (Lipinski definition) is 5. The van der Waals surface area contributed by atoms with Crippen LogP contribution in [0.2, 0.25) is 0 Å². The summed E-state index contributed by atoms with van der Waals surface area (Å²) < 4.78 is 7.69. The molecule has 0 unspecified atom stereocenters. The van der Waals surface area contributed by atoms with Crippen LogP contribution >= 0.6 is 11.3 Å². The first-order valence-electron chi connectivity index (χ1n) is 8.37. The minimum Gasteiger partial charge on any atom is -0.504 e. The van der Waals surface area contributed by atoms with Crippen molar-refractivity contribution in [3.05, 3.63) is 61.9 Å². The van der Waals surface area contributed by atoms with E-state index >= 15 is 0 Å². The number of phenolic OH excluding ortho intramolecular Hbond substituents is 1. The summed E-state index contributed by atoms with van der Waals surface area (Å²) >= 11 is 1.36. The minimum atomic E-state index is -0.0801. The fourth-order valence-electron chi connectivity index (χ4n) is 3.15. The summed E-state index contributed by atoms with van der Waals surface area (Å²) in [5, 5.41) is 9.83. The van der Waals surface area contributed by atoms with Gasteiger partial charge >= 0.3 is 0 Å². The van der Waals surface area contributed by atoms with Crippen LogP contribution in [0.5, 0.6) is 11.5 Å². The molecule has 132 valence electrons. The Morgan fingerprint density at radius 1 is 1.27 bits per heavy atom. The highest BCUT2D eigenvalue weighted by atomic mass is 32.1. The van der Waals surface area contributed by atoms with Crippen molar-refractivity contribution in [2.75, 3.05) is 6.61 Å². The normalized spacial score (nSPS) is 12.3. The fraction of sp³-hybridized carbons (Fsp3) is 0.200. The van der Waals surface area contributed by atoms with Gasteiger partial charge in [-0.15, -0.1) is 0 Å². The summed E-state index contributed by atoms with van der Waals surface area (Å²) in [6, 6.07) is 9.12. The van der Waals surface area contributed by atoms with Crippen LogP contribution in [0, 0.1) is 13.8 Å². The number of aryl methyl sites for hydroxylation is 2.